The second kappa shape index (κ2) is 8.75. The first-order valence-electron chi connectivity index (χ1n) is 7.35. The lowest BCUT2D eigenvalue weighted by molar-refractivity contribution is -0.130. The summed E-state index contributed by atoms with van der Waals surface area (Å²) in [5, 5.41) is 3.35. The number of nitrogens with one attached hydrogen (secondary N) is 1. The van der Waals surface area contributed by atoms with E-state index >= 15 is 0 Å². The summed E-state index contributed by atoms with van der Waals surface area (Å²) in [6.07, 6.45) is 3.83. The summed E-state index contributed by atoms with van der Waals surface area (Å²) in [5.41, 5.74) is 1.29. The molecule has 0 saturated heterocycles. The molecule has 1 N–H and O–H groups in total. The third kappa shape index (κ3) is 5.07. The molecular formula is C15H27N3O. The van der Waals surface area contributed by atoms with Crippen LogP contribution in [-0.2, 0) is 17.9 Å². The van der Waals surface area contributed by atoms with Crippen LogP contribution in [0.2, 0.25) is 0 Å². The van der Waals surface area contributed by atoms with Gasteiger partial charge in [0, 0.05) is 51.0 Å². The van der Waals surface area contributed by atoms with Crippen LogP contribution in [0.25, 0.3) is 0 Å². The first kappa shape index (κ1) is 15.8. The molecule has 0 atom stereocenters. The zero-order chi connectivity index (χ0) is 14.1. The molecule has 1 heterocycles. The van der Waals surface area contributed by atoms with Crippen LogP contribution < -0.4 is 5.32 Å². The van der Waals surface area contributed by atoms with E-state index in [1.807, 2.05) is 18.7 Å². The maximum absolute atomic E-state index is 11.8. The van der Waals surface area contributed by atoms with Crippen molar-refractivity contribution in [3.05, 3.63) is 24.0 Å². The van der Waals surface area contributed by atoms with Gasteiger partial charge in [0.25, 0.3) is 0 Å². The van der Waals surface area contributed by atoms with Crippen molar-refractivity contribution in [1.29, 1.82) is 0 Å². The Morgan fingerprint density at radius 1 is 1.32 bits per heavy atom. The van der Waals surface area contributed by atoms with Gasteiger partial charge in [-0.3, -0.25) is 4.79 Å². The lowest BCUT2D eigenvalue weighted by Crippen LogP contribution is -2.32. The van der Waals surface area contributed by atoms with Crippen LogP contribution in [0.3, 0.4) is 0 Å². The van der Waals surface area contributed by atoms with Crippen molar-refractivity contribution in [3.63, 3.8) is 0 Å². The van der Waals surface area contributed by atoms with E-state index in [0.29, 0.717) is 6.42 Å². The zero-order valence-corrected chi connectivity index (χ0v) is 12.5. The van der Waals surface area contributed by atoms with Crippen LogP contribution in [0, 0.1) is 0 Å². The summed E-state index contributed by atoms with van der Waals surface area (Å²) < 4.78 is 2.26. The summed E-state index contributed by atoms with van der Waals surface area (Å²) in [4.78, 5) is 13.7. The smallest absolute Gasteiger partial charge is 0.223 e. The minimum Gasteiger partial charge on any atom is -0.350 e. The van der Waals surface area contributed by atoms with Crippen LogP contribution in [0.15, 0.2) is 18.3 Å². The summed E-state index contributed by atoms with van der Waals surface area (Å²) in [7, 11) is 0. The third-order valence-electron chi connectivity index (χ3n) is 3.33. The molecular weight excluding hydrogens is 238 g/mol. The lowest BCUT2D eigenvalue weighted by Gasteiger charge is -2.18. The second-order valence-corrected chi connectivity index (χ2v) is 4.69. The van der Waals surface area contributed by atoms with E-state index in [1.54, 1.807) is 0 Å². The van der Waals surface area contributed by atoms with Gasteiger partial charge in [0.15, 0.2) is 0 Å². The Kier molecular flexibility index (Phi) is 7.26. The van der Waals surface area contributed by atoms with Gasteiger partial charge in [-0.25, -0.2) is 0 Å². The van der Waals surface area contributed by atoms with Crippen molar-refractivity contribution in [1.82, 2.24) is 14.8 Å². The topological polar surface area (TPSA) is 37.3 Å². The summed E-state index contributed by atoms with van der Waals surface area (Å²) in [5.74, 6) is 0.237. The van der Waals surface area contributed by atoms with Gasteiger partial charge in [0.1, 0.15) is 0 Å². The summed E-state index contributed by atoms with van der Waals surface area (Å²) in [6, 6.07) is 4.21. The molecule has 1 aromatic heterocycles. The number of rotatable bonds is 9. The number of aromatic nitrogens is 1. The molecule has 0 bridgehead atoms. The number of carbonyl (C=O) groups is 1. The van der Waals surface area contributed by atoms with E-state index in [9.17, 15) is 4.79 Å². The predicted octanol–water partition coefficient (Wildman–Crippen LogP) is 2.25. The van der Waals surface area contributed by atoms with Crippen molar-refractivity contribution in [2.75, 3.05) is 19.6 Å². The van der Waals surface area contributed by atoms with Crippen molar-refractivity contribution in [3.8, 4) is 0 Å². The average molecular weight is 265 g/mol. The van der Waals surface area contributed by atoms with E-state index in [-0.39, 0.29) is 5.91 Å². The van der Waals surface area contributed by atoms with Gasteiger partial charge < -0.3 is 14.8 Å². The van der Waals surface area contributed by atoms with Crippen molar-refractivity contribution in [2.45, 2.75) is 46.7 Å². The molecule has 0 radical (unpaired) electrons. The Labute approximate surface area is 116 Å². The van der Waals surface area contributed by atoms with Crippen LogP contribution in [0.5, 0.6) is 0 Å². The third-order valence-corrected chi connectivity index (χ3v) is 3.33. The molecule has 108 valence electrons. The number of nitrogens with zero attached hydrogens (tertiary/aromatic N) is 2. The molecule has 1 aromatic rings. The van der Waals surface area contributed by atoms with E-state index in [2.05, 4.69) is 35.1 Å². The van der Waals surface area contributed by atoms with Gasteiger partial charge in [-0.05, 0) is 32.4 Å². The molecule has 0 saturated carbocycles. The highest BCUT2D eigenvalue weighted by Gasteiger charge is 2.08. The maximum atomic E-state index is 11.8. The number of hydrogen-bond acceptors (Lipinski definition) is 2. The Morgan fingerprint density at radius 3 is 2.68 bits per heavy atom. The number of aryl methyl sites for hydroxylation is 1. The SMILES string of the molecule is CCCn1cccc1CNCCC(=O)N(CC)CC. The van der Waals surface area contributed by atoms with Gasteiger partial charge in [0.05, 0.1) is 0 Å². The standard InChI is InChI=1S/C15H27N3O/c1-4-11-18-12-7-8-14(18)13-16-10-9-15(19)17(5-2)6-3/h7-8,12,16H,4-6,9-11,13H2,1-3H3. The van der Waals surface area contributed by atoms with Crippen LogP contribution in [-0.4, -0.2) is 35.0 Å². The summed E-state index contributed by atoms with van der Waals surface area (Å²) in [6.45, 7) is 10.5. The van der Waals surface area contributed by atoms with Crippen molar-refractivity contribution in [2.24, 2.45) is 0 Å². The molecule has 0 aromatic carbocycles. The second-order valence-electron chi connectivity index (χ2n) is 4.69. The Hall–Kier alpha value is -1.29. The lowest BCUT2D eigenvalue weighted by atomic mass is 10.3. The van der Waals surface area contributed by atoms with Gasteiger partial charge >= 0.3 is 0 Å². The Balaban J connectivity index is 2.27. The quantitative estimate of drug-likeness (QED) is 0.695. The molecule has 4 heteroatoms. The molecule has 0 spiro atoms. The van der Waals surface area contributed by atoms with E-state index in [4.69, 9.17) is 0 Å². The molecule has 19 heavy (non-hydrogen) atoms. The number of carbonyl (C=O) groups excluding carboxylic acids is 1. The minimum absolute atomic E-state index is 0.237. The Bertz CT molecular complexity index is 369. The molecule has 0 aliphatic carbocycles. The van der Waals surface area contributed by atoms with Crippen LogP contribution in [0.1, 0.15) is 39.3 Å². The van der Waals surface area contributed by atoms with E-state index in [0.717, 1.165) is 39.1 Å². The normalized spacial score (nSPS) is 10.7. The first-order chi connectivity index (χ1) is 9.22. The van der Waals surface area contributed by atoms with Crippen LogP contribution >= 0.6 is 0 Å². The molecule has 1 rings (SSSR count). The molecule has 1 amide bonds. The average Bonchev–Trinajstić information content (AvgIpc) is 2.84. The van der Waals surface area contributed by atoms with Gasteiger partial charge in [0.2, 0.25) is 5.91 Å². The van der Waals surface area contributed by atoms with Crippen molar-refractivity contribution < 1.29 is 4.79 Å². The number of hydrogen-bond donors (Lipinski definition) is 1. The summed E-state index contributed by atoms with van der Waals surface area (Å²) >= 11 is 0. The van der Waals surface area contributed by atoms with Gasteiger partial charge in [-0.15, -0.1) is 0 Å². The monoisotopic (exact) mass is 265 g/mol. The first-order valence-corrected chi connectivity index (χ1v) is 7.35. The van der Waals surface area contributed by atoms with Gasteiger partial charge in [-0.1, -0.05) is 6.92 Å². The molecule has 0 fully saturated rings. The molecule has 0 unspecified atom stereocenters. The van der Waals surface area contributed by atoms with Crippen LogP contribution in [0.4, 0.5) is 0 Å². The highest BCUT2D eigenvalue weighted by molar-refractivity contribution is 5.76. The maximum Gasteiger partial charge on any atom is 0.223 e. The predicted molar refractivity (Wildman–Crippen MR) is 79.0 cm³/mol. The molecule has 0 aliphatic rings. The highest BCUT2D eigenvalue weighted by Crippen LogP contribution is 2.03. The fourth-order valence-electron chi connectivity index (χ4n) is 2.22. The largest absolute Gasteiger partial charge is 0.350 e. The minimum atomic E-state index is 0.237. The molecule has 0 aliphatic heterocycles. The van der Waals surface area contributed by atoms with Gasteiger partial charge in [-0.2, -0.15) is 0 Å². The highest BCUT2D eigenvalue weighted by atomic mass is 16.2. The number of amides is 1. The van der Waals surface area contributed by atoms with E-state index in [1.165, 1.54) is 5.69 Å². The van der Waals surface area contributed by atoms with E-state index < -0.39 is 0 Å². The molecule has 4 nitrogen and oxygen atoms in total. The Morgan fingerprint density at radius 2 is 2.05 bits per heavy atom. The van der Waals surface area contributed by atoms with Crippen molar-refractivity contribution >= 4 is 5.91 Å². The zero-order valence-electron chi connectivity index (χ0n) is 12.5. The fourth-order valence-corrected chi connectivity index (χ4v) is 2.22. The fraction of sp³-hybridized carbons (Fsp3) is 0.667.